The van der Waals surface area contributed by atoms with E-state index in [9.17, 15) is 0 Å². The molecule has 20 heavy (non-hydrogen) atoms. The topological polar surface area (TPSA) is 32.5 Å². The number of piperidine rings is 1. The van der Waals surface area contributed by atoms with Crippen molar-refractivity contribution in [2.75, 3.05) is 43.4 Å². The number of benzene rings is 1. The molecule has 0 bridgehead atoms. The number of hydrogen-bond donors (Lipinski definition) is 1. The SMILES string of the molecule is Nc1cc(Br)ccc1N1CCC(CN2CCCC2)CC1. The summed E-state index contributed by atoms with van der Waals surface area (Å²) in [5, 5.41) is 0. The number of nitrogens with zero attached hydrogens (tertiary/aromatic N) is 2. The molecule has 0 spiro atoms. The number of hydrogen-bond acceptors (Lipinski definition) is 3. The van der Waals surface area contributed by atoms with Gasteiger partial charge in [0, 0.05) is 24.1 Å². The summed E-state index contributed by atoms with van der Waals surface area (Å²) in [4.78, 5) is 5.09. The zero-order valence-electron chi connectivity index (χ0n) is 12.0. The average molecular weight is 338 g/mol. The molecule has 2 aliphatic heterocycles. The van der Waals surface area contributed by atoms with Crippen LogP contribution in [-0.2, 0) is 0 Å². The van der Waals surface area contributed by atoms with E-state index in [-0.39, 0.29) is 0 Å². The van der Waals surface area contributed by atoms with Gasteiger partial charge in [-0.05, 0) is 62.9 Å². The van der Waals surface area contributed by atoms with Crippen LogP contribution < -0.4 is 10.6 Å². The van der Waals surface area contributed by atoms with E-state index in [4.69, 9.17) is 5.73 Å². The number of halogens is 1. The molecule has 2 fully saturated rings. The quantitative estimate of drug-likeness (QED) is 0.858. The number of nitrogen functional groups attached to an aromatic ring is 1. The second-order valence-electron chi connectivity index (χ2n) is 6.14. The number of nitrogens with two attached hydrogens (primary N) is 1. The summed E-state index contributed by atoms with van der Waals surface area (Å²) in [6, 6.07) is 6.23. The standard InChI is InChI=1S/C16H24BrN3/c17-14-3-4-16(15(18)11-14)20-9-5-13(6-10-20)12-19-7-1-2-8-19/h3-4,11,13H,1-2,5-10,12,18H2. The molecule has 1 aromatic rings. The normalized spacial score (nSPS) is 21.6. The van der Waals surface area contributed by atoms with Crippen molar-refractivity contribution in [1.82, 2.24) is 4.90 Å². The Morgan fingerprint density at radius 2 is 1.80 bits per heavy atom. The molecule has 2 aliphatic rings. The monoisotopic (exact) mass is 337 g/mol. The molecule has 2 N–H and O–H groups in total. The van der Waals surface area contributed by atoms with Crippen LogP contribution >= 0.6 is 15.9 Å². The van der Waals surface area contributed by atoms with Crippen LogP contribution in [0.25, 0.3) is 0 Å². The fourth-order valence-corrected chi connectivity index (χ4v) is 3.88. The first-order valence-electron chi connectivity index (χ1n) is 7.75. The fourth-order valence-electron chi connectivity index (χ4n) is 3.50. The summed E-state index contributed by atoms with van der Waals surface area (Å²) < 4.78 is 1.06. The van der Waals surface area contributed by atoms with Crippen molar-refractivity contribution >= 4 is 27.3 Å². The third-order valence-corrected chi connectivity index (χ3v) is 5.15. The van der Waals surface area contributed by atoms with Crippen LogP contribution in [-0.4, -0.2) is 37.6 Å². The third kappa shape index (κ3) is 3.29. The summed E-state index contributed by atoms with van der Waals surface area (Å²) in [7, 11) is 0. The van der Waals surface area contributed by atoms with Crippen molar-refractivity contribution in [2.24, 2.45) is 5.92 Å². The third-order valence-electron chi connectivity index (χ3n) is 4.66. The van der Waals surface area contributed by atoms with Gasteiger partial charge in [-0.2, -0.15) is 0 Å². The predicted molar refractivity (Wildman–Crippen MR) is 89.2 cm³/mol. The molecule has 2 heterocycles. The summed E-state index contributed by atoms with van der Waals surface area (Å²) in [5.41, 5.74) is 8.23. The molecule has 4 heteroatoms. The predicted octanol–water partition coefficient (Wildman–Crippen LogP) is 3.34. The average Bonchev–Trinajstić information content (AvgIpc) is 2.93. The van der Waals surface area contributed by atoms with Crippen LogP contribution in [0.15, 0.2) is 22.7 Å². The lowest BCUT2D eigenvalue weighted by Crippen LogP contribution is -2.38. The number of rotatable bonds is 3. The van der Waals surface area contributed by atoms with Gasteiger partial charge in [-0.15, -0.1) is 0 Å². The van der Waals surface area contributed by atoms with Crippen LogP contribution in [0.4, 0.5) is 11.4 Å². The maximum absolute atomic E-state index is 6.14. The highest BCUT2D eigenvalue weighted by atomic mass is 79.9. The Hall–Kier alpha value is -0.740. The summed E-state index contributed by atoms with van der Waals surface area (Å²) >= 11 is 3.47. The molecule has 0 aromatic heterocycles. The molecule has 0 unspecified atom stereocenters. The Kier molecular flexibility index (Phi) is 4.51. The lowest BCUT2D eigenvalue weighted by molar-refractivity contribution is 0.249. The van der Waals surface area contributed by atoms with Crippen LogP contribution in [0.1, 0.15) is 25.7 Å². The van der Waals surface area contributed by atoms with E-state index in [1.165, 1.54) is 51.0 Å². The van der Waals surface area contributed by atoms with Gasteiger partial charge in [-0.3, -0.25) is 0 Å². The van der Waals surface area contributed by atoms with E-state index in [0.29, 0.717) is 0 Å². The van der Waals surface area contributed by atoms with Crippen LogP contribution in [0.5, 0.6) is 0 Å². The van der Waals surface area contributed by atoms with E-state index < -0.39 is 0 Å². The fraction of sp³-hybridized carbons (Fsp3) is 0.625. The van der Waals surface area contributed by atoms with E-state index in [2.05, 4.69) is 37.9 Å². The van der Waals surface area contributed by atoms with Crippen molar-refractivity contribution in [2.45, 2.75) is 25.7 Å². The van der Waals surface area contributed by atoms with Gasteiger partial charge in [-0.25, -0.2) is 0 Å². The Morgan fingerprint density at radius 3 is 2.45 bits per heavy atom. The van der Waals surface area contributed by atoms with Gasteiger partial charge in [0.1, 0.15) is 0 Å². The second kappa shape index (κ2) is 6.35. The molecule has 3 rings (SSSR count). The Labute approximate surface area is 130 Å². The first kappa shape index (κ1) is 14.2. The van der Waals surface area contributed by atoms with Gasteiger partial charge in [0.05, 0.1) is 11.4 Å². The molecular weight excluding hydrogens is 314 g/mol. The lowest BCUT2D eigenvalue weighted by atomic mass is 9.95. The largest absolute Gasteiger partial charge is 0.397 e. The maximum atomic E-state index is 6.14. The highest BCUT2D eigenvalue weighted by Gasteiger charge is 2.23. The summed E-state index contributed by atoms with van der Waals surface area (Å²) in [6.45, 7) is 6.23. The molecule has 110 valence electrons. The van der Waals surface area contributed by atoms with Crippen molar-refractivity contribution in [3.05, 3.63) is 22.7 Å². The van der Waals surface area contributed by atoms with Gasteiger partial charge in [0.2, 0.25) is 0 Å². The Morgan fingerprint density at radius 1 is 1.10 bits per heavy atom. The van der Waals surface area contributed by atoms with E-state index in [1.807, 2.05) is 6.07 Å². The maximum Gasteiger partial charge on any atom is 0.0600 e. The molecule has 1 aromatic carbocycles. The first-order chi connectivity index (χ1) is 9.72. The van der Waals surface area contributed by atoms with E-state index >= 15 is 0 Å². The van der Waals surface area contributed by atoms with Gasteiger partial charge < -0.3 is 15.5 Å². The molecule has 0 aliphatic carbocycles. The smallest absolute Gasteiger partial charge is 0.0600 e. The molecule has 0 radical (unpaired) electrons. The summed E-state index contributed by atoms with van der Waals surface area (Å²) in [5.74, 6) is 0.876. The van der Waals surface area contributed by atoms with Crippen LogP contribution in [0.3, 0.4) is 0 Å². The zero-order valence-corrected chi connectivity index (χ0v) is 13.6. The number of likely N-dealkylation sites (tertiary alicyclic amines) is 1. The summed E-state index contributed by atoms with van der Waals surface area (Å²) in [6.07, 6.45) is 5.39. The molecular formula is C16H24BrN3. The highest BCUT2D eigenvalue weighted by molar-refractivity contribution is 9.10. The minimum Gasteiger partial charge on any atom is -0.397 e. The van der Waals surface area contributed by atoms with E-state index in [1.54, 1.807) is 0 Å². The van der Waals surface area contributed by atoms with Crippen LogP contribution in [0, 0.1) is 5.92 Å². The highest BCUT2D eigenvalue weighted by Crippen LogP contribution is 2.30. The molecule has 0 atom stereocenters. The van der Waals surface area contributed by atoms with Crippen molar-refractivity contribution in [1.29, 1.82) is 0 Å². The Bertz CT molecular complexity index is 449. The lowest BCUT2D eigenvalue weighted by Gasteiger charge is -2.35. The van der Waals surface area contributed by atoms with Crippen LogP contribution in [0.2, 0.25) is 0 Å². The van der Waals surface area contributed by atoms with Gasteiger partial charge in [-0.1, -0.05) is 15.9 Å². The molecule has 0 saturated carbocycles. The van der Waals surface area contributed by atoms with Crippen molar-refractivity contribution in [3.63, 3.8) is 0 Å². The second-order valence-corrected chi connectivity index (χ2v) is 7.06. The van der Waals surface area contributed by atoms with E-state index in [0.717, 1.165) is 29.2 Å². The zero-order chi connectivity index (χ0) is 13.9. The first-order valence-corrected chi connectivity index (χ1v) is 8.54. The molecule has 3 nitrogen and oxygen atoms in total. The van der Waals surface area contributed by atoms with Crippen molar-refractivity contribution < 1.29 is 0 Å². The number of anilines is 2. The van der Waals surface area contributed by atoms with Gasteiger partial charge >= 0.3 is 0 Å². The van der Waals surface area contributed by atoms with Crippen molar-refractivity contribution in [3.8, 4) is 0 Å². The van der Waals surface area contributed by atoms with Gasteiger partial charge in [0.25, 0.3) is 0 Å². The minimum absolute atomic E-state index is 0.876. The minimum atomic E-state index is 0.876. The Balaban J connectivity index is 1.55. The van der Waals surface area contributed by atoms with Gasteiger partial charge in [0.15, 0.2) is 0 Å². The molecule has 0 amide bonds. The molecule has 2 saturated heterocycles.